The Bertz CT molecular complexity index is 473. The van der Waals surface area contributed by atoms with Gasteiger partial charge in [0.1, 0.15) is 6.04 Å². The van der Waals surface area contributed by atoms with Crippen molar-refractivity contribution in [2.75, 3.05) is 5.75 Å². The number of allylic oxidation sites excluding steroid dienone is 1. The van der Waals surface area contributed by atoms with E-state index in [0.717, 1.165) is 29.9 Å². The van der Waals surface area contributed by atoms with Crippen molar-refractivity contribution in [3.8, 4) is 0 Å². The van der Waals surface area contributed by atoms with Crippen molar-refractivity contribution < 1.29 is 9.90 Å². The minimum atomic E-state index is -0.929. The molecule has 0 aromatic carbocycles. The first-order valence-electron chi connectivity index (χ1n) is 11.7. The summed E-state index contributed by atoms with van der Waals surface area (Å²) in [6.45, 7) is 15.5. The van der Waals surface area contributed by atoms with Crippen molar-refractivity contribution in [3.63, 3.8) is 0 Å². The molecule has 3 atom stereocenters. The van der Waals surface area contributed by atoms with E-state index >= 15 is 0 Å². The number of nitrogens with two attached hydrogens (primary N) is 1. The molecule has 0 spiro atoms. The van der Waals surface area contributed by atoms with Crippen LogP contribution in [0.2, 0.25) is 0 Å². The van der Waals surface area contributed by atoms with Crippen LogP contribution in [-0.2, 0) is 4.79 Å². The van der Waals surface area contributed by atoms with Crippen LogP contribution in [-0.4, -0.2) is 27.6 Å². The fraction of sp³-hybridized carbons (Fsp3) is 0.880. The molecular weight excluding hydrogens is 378 g/mol. The van der Waals surface area contributed by atoms with Crippen molar-refractivity contribution >= 4 is 17.7 Å². The van der Waals surface area contributed by atoms with E-state index in [1.807, 2.05) is 13.8 Å². The number of hydrogen-bond donors (Lipinski definition) is 2. The Labute approximate surface area is 185 Å². The van der Waals surface area contributed by atoms with Crippen LogP contribution in [0, 0.1) is 17.8 Å². The fourth-order valence-electron chi connectivity index (χ4n) is 3.60. The smallest absolute Gasteiger partial charge is 0.321 e. The number of thioether (sulfide) groups is 1. The van der Waals surface area contributed by atoms with Crippen molar-refractivity contribution in [1.82, 2.24) is 0 Å². The highest BCUT2D eigenvalue weighted by molar-refractivity contribution is 8.00. The summed E-state index contributed by atoms with van der Waals surface area (Å²) in [7, 11) is 0. The van der Waals surface area contributed by atoms with Crippen LogP contribution in [0.5, 0.6) is 0 Å². The molecule has 172 valence electrons. The number of carbonyl (C=O) groups is 1. The first-order valence-corrected chi connectivity index (χ1v) is 12.7. The molecule has 0 saturated carbocycles. The molecular formula is C25H49NO2S. The summed E-state index contributed by atoms with van der Waals surface area (Å²) >= 11 is 1.62. The number of carboxylic acid groups (broad SMARTS) is 1. The molecule has 0 fully saturated rings. The zero-order valence-electron chi connectivity index (χ0n) is 20.3. The molecule has 0 saturated heterocycles. The van der Waals surface area contributed by atoms with Gasteiger partial charge in [-0.3, -0.25) is 4.79 Å². The lowest BCUT2D eigenvalue weighted by molar-refractivity contribution is -0.139. The van der Waals surface area contributed by atoms with Crippen molar-refractivity contribution in [2.45, 2.75) is 117 Å². The molecule has 0 amide bonds. The molecule has 3 nitrogen and oxygen atoms in total. The van der Waals surface area contributed by atoms with Gasteiger partial charge in [-0.1, -0.05) is 84.3 Å². The second kappa shape index (κ2) is 15.3. The van der Waals surface area contributed by atoms with E-state index in [4.69, 9.17) is 10.8 Å². The third-order valence-corrected chi connectivity index (χ3v) is 7.37. The molecule has 0 radical (unpaired) electrons. The van der Waals surface area contributed by atoms with E-state index in [0.29, 0.717) is 0 Å². The molecule has 0 aromatic heterocycles. The average Bonchev–Trinajstić information content (AvgIpc) is 2.60. The monoisotopic (exact) mass is 427 g/mol. The second-order valence-electron chi connectivity index (χ2n) is 10.1. The Balaban J connectivity index is 3.90. The Morgan fingerprint density at radius 1 is 0.966 bits per heavy atom. The lowest BCUT2D eigenvalue weighted by atomic mass is 9.91. The number of carboxylic acids is 1. The van der Waals surface area contributed by atoms with Gasteiger partial charge in [-0.05, 0) is 51.4 Å². The van der Waals surface area contributed by atoms with Gasteiger partial charge < -0.3 is 10.8 Å². The Morgan fingerprint density at radius 3 is 1.93 bits per heavy atom. The summed E-state index contributed by atoms with van der Waals surface area (Å²) in [5.74, 6) is 2.42. The van der Waals surface area contributed by atoms with Gasteiger partial charge >= 0.3 is 5.97 Å². The summed E-state index contributed by atoms with van der Waals surface area (Å²) in [5.41, 5.74) is 7.18. The van der Waals surface area contributed by atoms with Crippen LogP contribution in [0.25, 0.3) is 0 Å². The van der Waals surface area contributed by atoms with E-state index in [2.05, 4.69) is 40.7 Å². The van der Waals surface area contributed by atoms with Crippen molar-refractivity contribution in [3.05, 3.63) is 11.6 Å². The minimum absolute atomic E-state index is 0.455. The van der Waals surface area contributed by atoms with Gasteiger partial charge in [-0.2, -0.15) is 0 Å². The first kappa shape index (κ1) is 28.5. The van der Waals surface area contributed by atoms with Gasteiger partial charge in [-0.15, -0.1) is 11.8 Å². The highest BCUT2D eigenvalue weighted by Crippen LogP contribution is 2.28. The quantitative estimate of drug-likeness (QED) is 0.239. The molecule has 3 N–H and O–H groups in total. The summed E-state index contributed by atoms with van der Waals surface area (Å²) in [5, 5.41) is 9.09. The van der Waals surface area contributed by atoms with Crippen LogP contribution in [0.1, 0.15) is 106 Å². The lowest BCUT2D eigenvalue weighted by Gasteiger charge is -2.27. The Morgan fingerprint density at radius 2 is 1.45 bits per heavy atom. The highest BCUT2D eigenvalue weighted by Gasteiger charge is 2.31. The van der Waals surface area contributed by atoms with E-state index in [1.54, 1.807) is 11.8 Å². The summed E-state index contributed by atoms with van der Waals surface area (Å²) in [6, 6.07) is -0.833. The minimum Gasteiger partial charge on any atom is -0.480 e. The Hall–Kier alpha value is -0.480. The highest BCUT2D eigenvalue weighted by atomic mass is 32.2. The van der Waals surface area contributed by atoms with Crippen molar-refractivity contribution in [2.24, 2.45) is 23.5 Å². The predicted octanol–water partition coefficient (Wildman–Crippen LogP) is 7.30. The maximum Gasteiger partial charge on any atom is 0.321 e. The van der Waals surface area contributed by atoms with E-state index in [9.17, 15) is 4.79 Å². The van der Waals surface area contributed by atoms with Gasteiger partial charge in [0.25, 0.3) is 0 Å². The lowest BCUT2D eigenvalue weighted by Crippen LogP contribution is -2.46. The standard InChI is InChI=1S/C25H49NO2S/c1-19(2)11-8-12-20(3)13-9-14-21(4)15-10-16-22(5)17-18-29-25(6,7)23(26)24(27)28/h17,19-21,23H,8-16,18,26H2,1-7H3,(H,27,28)/b22-17+/t20?,21?,23-/m1/s1. The van der Waals surface area contributed by atoms with Gasteiger partial charge in [0.05, 0.1) is 0 Å². The molecule has 2 unspecified atom stereocenters. The molecule has 0 rings (SSSR count). The number of rotatable bonds is 17. The molecule has 4 heteroatoms. The fourth-order valence-corrected chi connectivity index (χ4v) is 4.67. The average molecular weight is 428 g/mol. The van der Waals surface area contributed by atoms with Crippen LogP contribution in [0.3, 0.4) is 0 Å². The normalized spacial score (nSPS) is 16.1. The van der Waals surface area contributed by atoms with Crippen LogP contribution >= 0.6 is 11.8 Å². The maximum absolute atomic E-state index is 11.1. The molecule has 0 aliphatic carbocycles. The molecule has 0 aliphatic rings. The molecule has 0 aliphatic heterocycles. The van der Waals surface area contributed by atoms with E-state index in [1.165, 1.54) is 56.9 Å². The zero-order valence-corrected chi connectivity index (χ0v) is 21.1. The van der Waals surface area contributed by atoms with Gasteiger partial charge in [0.2, 0.25) is 0 Å². The summed E-state index contributed by atoms with van der Waals surface area (Å²) in [4.78, 5) is 11.1. The van der Waals surface area contributed by atoms with E-state index < -0.39 is 16.8 Å². The third-order valence-electron chi connectivity index (χ3n) is 6.04. The second-order valence-corrected chi connectivity index (χ2v) is 11.8. The topological polar surface area (TPSA) is 63.3 Å². The van der Waals surface area contributed by atoms with Gasteiger partial charge in [-0.25, -0.2) is 0 Å². The molecule has 0 aromatic rings. The zero-order chi connectivity index (χ0) is 22.4. The van der Waals surface area contributed by atoms with Gasteiger partial charge in [0.15, 0.2) is 0 Å². The van der Waals surface area contributed by atoms with E-state index in [-0.39, 0.29) is 0 Å². The predicted molar refractivity (Wildman–Crippen MR) is 131 cm³/mol. The molecule has 0 heterocycles. The van der Waals surface area contributed by atoms with Gasteiger partial charge in [0, 0.05) is 10.5 Å². The van der Waals surface area contributed by atoms with Crippen LogP contribution in [0.15, 0.2) is 11.6 Å². The van der Waals surface area contributed by atoms with Crippen molar-refractivity contribution in [1.29, 1.82) is 0 Å². The molecule has 29 heavy (non-hydrogen) atoms. The maximum atomic E-state index is 11.1. The molecule has 0 bridgehead atoms. The number of aliphatic carboxylic acids is 1. The summed E-state index contributed by atoms with van der Waals surface area (Å²) in [6.07, 6.45) is 14.2. The largest absolute Gasteiger partial charge is 0.480 e. The SMILES string of the molecule is C/C(=C\CSC(C)(C)[C@H](N)C(=O)O)CCCC(C)CCCC(C)CCCC(C)C. The number of hydrogen-bond acceptors (Lipinski definition) is 3. The summed E-state index contributed by atoms with van der Waals surface area (Å²) < 4.78 is -0.455. The first-order chi connectivity index (χ1) is 13.5. The van der Waals surface area contributed by atoms with Crippen LogP contribution < -0.4 is 5.73 Å². The van der Waals surface area contributed by atoms with Crippen LogP contribution in [0.4, 0.5) is 0 Å². The third kappa shape index (κ3) is 15.0. The Kier molecular flexibility index (Phi) is 15.1.